The molecule has 0 aliphatic carbocycles. The van der Waals surface area contributed by atoms with E-state index in [1.807, 2.05) is 55.5 Å². The van der Waals surface area contributed by atoms with Gasteiger partial charge in [-0.05, 0) is 48.9 Å². The zero-order valence-corrected chi connectivity index (χ0v) is 15.1. The Hall–Kier alpha value is -3.47. The first-order chi connectivity index (χ1) is 13.1. The summed E-state index contributed by atoms with van der Waals surface area (Å²) in [7, 11) is 1.51. The van der Waals surface area contributed by atoms with E-state index < -0.39 is 6.17 Å². The molecule has 3 aromatic rings. The minimum atomic E-state index is -0.426. The highest BCUT2D eigenvalue weighted by atomic mass is 16.5. The number of aromatic hydroxyl groups is 1. The fourth-order valence-electron chi connectivity index (χ4n) is 3.32. The van der Waals surface area contributed by atoms with Crippen LogP contribution in [0.3, 0.4) is 0 Å². The number of carbonyl (C=O) groups is 1. The van der Waals surface area contributed by atoms with E-state index in [4.69, 9.17) is 4.74 Å². The number of amides is 1. The second-order valence-corrected chi connectivity index (χ2v) is 6.53. The molecule has 0 aromatic heterocycles. The number of hydrogen-bond donors (Lipinski definition) is 2. The second kappa shape index (κ2) is 6.68. The van der Waals surface area contributed by atoms with Gasteiger partial charge in [-0.15, -0.1) is 0 Å². The molecule has 2 N–H and O–H groups in total. The van der Waals surface area contributed by atoms with Crippen LogP contribution in [0.4, 0.5) is 11.4 Å². The fraction of sp³-hybridized carbons (Fsp3) is 0.136. The lowest BCUT2D eigenvalue weighted by Gasteiger charge is -2.38. The second-order valence-electron chi connectivity index (χ2n) is 6.53. The molecule has 1 aliphatic heterocycles. The normalized spacial score (nSPS) is 15.9. The monoisotopic (exact) mass is 360 g/mol. The van der Waals surface area contributed by atoms with Gasteiger partial charge >= 0.3 is 0 Å². The molecular weight excluding hydrogens is 340 g/mol. The molecule has 5 heteroatoms. The summed E-state index contributed by atoms with van der Waals surface area (Å²) >= 11 is 0. The van der Waals surface area contributed by atoms with Crippen LogP contribution in [-0.4, -0.2) is 18.1 Å². The SMILES string of the molecule is COc1cc(C2Nc3ccccc3C(=O)N2c2ccc(C)cc2)ccc1O. The van der Waals surface area contributed by atoms with Gasteiger partial charge < -0.3 is 15.2 Å². The lowest BCUT2D eigenvalue weighted by molar-refractivity contribution is 0.0975. The maximum Gasteiger partial charge on any atom is 0.262 e. The number of para-hydroxylation sites is 1. The quantitative estimate of drug-likeness (QED) is 0.723. The van der Waals surface area contributed by atoms with Crippen molar-refractivity contribution in [3.05, 3.63) is 83.4 Å². The average molecular weight is 360 g/mol. The standard InChI is InChI=1S/C22H20N2O3/c1-14-7-10-16(11-8-14)24-21(15-9-12-19(25)20(13-15)27-2)23-18-6-4-3-5-17(18)22(24)26/h3-13,21,23,25H,1-2H3. The molecule has 3 aromatic carbocycles. The van der Waals surface area contributed by atoms with Crippen LogP contribution in [0.25, 0.3) is 0 Å². The van der Waals surface area contributed by atoms with E-state index in [1.54, 1.807) is 23.1 Å². The minimum absolute atomic E-state index is 0.0608. The lowest BCUT2D eigenvalue weighted by atomic mass is 10.0. The van der Waals surface area contributed by atoms with Gasteiger partial charge in [0.1, 0.15) is 6.17 Å². The molecule has 1 unspecified atom stereocenters. The number of ether oxygens (including phenoxy) is 1. The summed E-state index contributed by atoms with van der Waals surface area (Å²) in [6.07, 6.45) is -0.426. The maximum atomic E-state index is 13.3. The summed E-state index contributed by atoms with van der Waals surface area (Å²) in [6.45, 7) is 2.01. The smallest absolute Gasteiger partial charge is 0.262 e. The Morgan fingerprint density at radius 3 is 2.52 bits per heavy atom. The lowest BCUT2D eigenvalue weighted by Crippen LogP contribution is -2.43. The van der Waals surface area contributed by atoms with Crippen molar-refractivity contribution >= 4 is 17.3 Å². The third-order valence-electron chi connectivity index (χ3n) is 4.76. The Morgan fingerprint density at radius 1 is 1.04 bits per heavy atom. The van der Waals surface area contributed by atoms with E-state index in [9.17, 15) is 9.90 Å². The number of rotatable bonds is 3. The summed E-state index contributed by atoms with van der Waals surface area (Å²) in [5, 5.41) is 13.4. The van der Waals surface area contributed by atoms with Gasteiger partial charge in [0.05, 0.1) is 12.7 Å². The van der Waals surface area contributed by atoms with Crippen LogP contribution in [0.2, 0.25) is 0 Å². The molecule has 5 nitrogen and oxygen atoms in total. The highest BCUT2D eigenvalue weighted by molar-refractivity contribution is 6.12. The van der Waals surface area contributed by atoms with Gasteiger partial charge in [-0.2, -0.15) is 0 Å². The number of carbonyl (C=O) groups excluding carboxylic acids is 1. The summed E-state index contributed by atoms with van der Waals surface area (Å²) in [4.78, 5) is 15.0. The van der Waals surface area contributed by atoms with Crippen molar-refractivity contribution in [2.24, 2.45) is 0 Å². The van der Waals surface area contributed by atoms with Crippen molar-refractivity contribution in [1.29, 1.82) is 0 Å². The molecular formula is C22H20N2O3. The third-order valence-corrected chi connectivity index (χ3v) is 4.76. The van der Waals surface area contributed by atoms with Crippen LogP contribution in [-0.2, 0) is 0 Å². The molecule has 136 valence electrons. The number of methoxy groups -OCH3 is 1. The first kappa shape index (κ1) is 17.0. The van der Waals surface area contributed by atoms with Gasteiger partial charge in [-0.3, -0.25) is 9.69 Å². The molecule has 0 radical (unpaired) electrons. The number of phenolic OH excluding ortho intramolecular Hbond substituents is 1. The molecule has 0 spiro atoms. The highest BCUT2D eigenvalue weighted by Gasteiger charge is 2.34. The predicted molar refractivity (Wildman–Crippen MR) is 105 cm³/mol. The summed E-state index contributed by atoms with van der Waals surface area (Å²) < 4.78 is 5.25. The van der Waals surface area contributed by atoms with Gasteiger partial charge in [0.25, 0.3) is 5.91 Å². The van der Waals surface area contributed by atoms with E-state index in [1.165, 1.54) is 7.11 Å². The maximum absolute atomic E-state index is 13.3. The minimum Gasteiger partial charge on any atom is -0.504 e. The van der Waals surface area contributed by atoms with Gasteiger partial charge in [-0.25, -0.2) is 0 Å². The Labute approximate surface area is 157 Å². The molecule has 1 aliphatic rings. The number of aryl methyl sites for hydroxylation is 1. The molecule has 4 rings (SSSR count). The van der Waals surface area contributed by atoms with Crippen LogP contribution in [0.1, 0.15) is 27.7 Å². The van der Waals surface area contributed by atoms with Gasteiger partial charge in [0.2, 0.25) is 0 Å². The van der Waals surface area contributed by atoms with Gasteiger partial charge in [0, 0.05) is 11.4 Å². The van der Waals surface area contributed by atoms with Crippen LogP contribution in [0.15, 0.2) is 66.7 Å². The largest absolute Gasteiger partial charge is 0.504 e. The van der Waals surface area contributed by atoms with E-state index >= 15 is 0 Å². The summed E-state index contributed by atoms with van der Waals surface area (Å²) in [6, 6.07) is 20.4. The number of nitrogens with zero attached hydrogens (tertiary/aromatic N) is 1. The zero-order chi connectivity index (χ0) is 19.0. The highest BCUT2D eigenvalue weighted by Crippen LogP contribution is 2.38. The number of phenols is 1. The number of benzene rings is 3. The summed E-state index contributed by atoms with van der Waals surface area (Å²) in [5.74, 6) is 0.348. The first-order valence-corrected chi connectivity index (χ1v) is 8.71. The van der Waals surface area contributed by atoms with Crippen molar-refractivity contribution in [1.82, 2.24) is 0 Å². The first-order valence-electron chi connectivity index (χ1n) is 8.71. The number of anilines is 2. The molecule has 0 saturated heterocycles. The van der Waals surface area contributed by atoms with Crippen molar-refractivity contribution in [2.75, 3.05) is 17.3 Å². The number of hydrogen-bond acceptors (Lipinski definition) is 4. The summed E-state index contributed by atoms with van der Waals surface area (Å²) in [5.41, 5.74) is 4.14. The zero-order valence-electron chi connectivity index (χ0n) is 15.1. The molecule has 1 atom stereocenters. The Bertz CT molecular complexity index is 999. The van der Waals surface area contributed by atoms with Crippen molar-refractivity contribution in [3.63, 3.8) is 0 Å². The van der Waals surface area contributed by atoms with Crippen molar-refractivity contribution in [2.45, 2.75) is 13.1 Å². The molecule has 0 fully saturated rings. The van der Waals surface area contributed by atoms with Crippen LogP contribution < -0.4 is 15.0 Å². The molecule has 1 amide bonds. The van der Waals surface area contributed by atoms with E-state index in [-0.39, 0.29) is 11.7 Å². The Kier molecular flexibility index (Phi) is 4.20. The topological polar surface area (TPSA) is 61.8 Å². The molecule has 27 heavy (non-hydrogen) atoms. The third kappa shape index (κ3) is 2.97. The van der Waals surface area contributed by atoms with Crippen LogP contribution in [0.5, 0.6) is 11.5 Å². The average Bonchev–Trinajstić information content (AvgIpc) is 2.69. The van der Waals surface area contributed by atoms with Crippen molar-refractivity contribution in [3.8, 4) is 11.5 Å². The van der Waals surface area contributed by atoms with E-state index in [0.29, 0.717) is 11.3 Å². The number of fused-ring (bicyclic) bond motifs is 1. The van der Waals surface area contributed by atoms with Crippen LogP contribution in [0, 0.1) is 6.92 Å². The van der Waals surface area contributed by atoms with Crippen molar-refractivity contribution < 1.29 is 14.6 Å². The fourth-order valence-corrected chi connectivity index (χ4v) is 3.32. The van der Waals surface area contributed by atoms with Gasteiger partial charge in [0.15, 0.2) is 11.5 Å². The Morgan fingerprint density at radius 2 is 1.78 bits per heavy atom. The van der Waals surface area contributed by atoms with E-state index in [2.05, 4.69) is 5.32 Å². The van der Waals surface area contributed by atoms with E-state index in [0.717, 1.165) is 22.5 Å². The molecule has 0 saturated carbocycles. The van der Waals surface area contributed by atoms with Crippen LogP contribution >= 0.6 is 0 Å². The predicted octanol–water partition coefficient (Wildman–Crippen LogP) is 4.48. The van der Waals surface area contributed by atoms with Gasteiger partial charge in [-0.1, -0.05) is 35.9 Å². The Balaban J connectivity index is 1.86. The molecule has 1 heterocycles. The number of nitrogens with one attached hydrogen (secondary N) is 1. The molecule has 0 bridgehead atoms.